The van der Waals surface area contributed by atoms with Crippen LogP contribution >= 0.6 is 0 Å². The zero-order chi connectivity index (χ0) is 22.2. The quantitative estimate of drug-likeness (QED) is 0.634. The molecular weight excluding hydrogens is 424 g/mol. The summed E-state index contributed by atoms with van der Waals surface area (Å²) in [4.78, 5) is 16.4. The fraction of sp³-hybridized carbons (Fsp3) is 0.200. The lowest BCUT2D eigenvalue weighted by molar-refractivity contribution is -0.114. The first-order valence-electron chi connectivity index (χ1n) is 10.4. The van der Waals surface area contributed by atoms with Crippen molar-refractivity contribution in [3.63, 3.8) is 0 Å². The zero-order valence-corrected chi connectivity index (χ0v) is 18.6. The van der Waals surface area contributed by atoms with Crippen LogP contribution in [0.2, 0.25) is 0 Å². The van der Waals surface area contributed by atoms with Crippen LogP contribution in [0.15, 0.2) is 60.7 Å². The molecule has 0 spiro atoms. The Balaban J connectivity index is 1.39. The highest BCUT2D eigenvalue weighted by molar-refractivity contribution is 7.93. The van der Waals surface area contributed by atoms with Crippen molar-refractivity contribution in [3.8, 4) is 22.8 Å². The minimum atomic E-state index is -1.50. The maximum absolute atomic E-state index is 12.0. The molecule has 32 heavy (non-hydrogen) atoms. The first kappa shape index (κ1) is 20.5. The lowest BCUT2D eigenvalue weighted by Gasteiger charge is -2.17. The van der Waals surface area contributed by atoms with Crippen molar-refractivity contribution in [2.24, 2.45) is 0 Å². The van der Waals surface area contributed by atoms with E-state index < -0.39 is 11.0 Å². The lowest BCUT2D eigenvalue weighted by Crippen LogP contribution is -2.16. The van der Waals surface area contributed by atoms with Gasteiger partial charge in [0, 0.05) is 23.4 Å². The molecule has 1 aliphatic carbocycles. The zero-order valence-electron chi connectivity index (χ0n) is 17.8. The maximum atomic E-state index is 12.0. The maximum Gasteiger partial charge on any atom is 0.257 e. The van der Waals surface area contributed by atoms with Gasteiger partial charge >= 0.3 is 0 Å². The Labute approximate surface area is 188 Å². The van der Waals surface area contributed by atoms with Crippen molar-refractivity contribution in [2.75, 3.05) is 7.11 Å². The Morgan fingerprint density at radius 1 is 1.06 bits per heavy atom. The van der Waals surface area contributed by atoms with E-state index in [2.05, 4.69) is 34.0 Å². The molecule has 0 bridgehead atoms. The van der Waals surface area contributed by atoms with Gasteiger partial charge in [0.15, 0.2) is 11.0 Å². The van der Waals surface area contributed by atoms with Crippen LogP contribution in [-0.4, -0.2) is 22.2 Å². The standard InChI is InChI=1S/C25H22N2O4S/c1-15-18(11-13-25(26-15)30-2)19-4-3-5-21-20(19)10-12-22(21)31-17-8-6-16(7-9-17)23-14-24(28)27-32(23)29/h3-9,11,13-14,22H,10,12H2,1-2H3,(H,27,28)/t22-,32?/m1/s1. The van der Waals surface area contributed by atoms with Crippen LogP contribution in [0.3, 0.4) is 0 Å². The van der Waals surface area contributed by atoms with E-state index in [1.807, 2.05) is 37.3 Å². The number of hydrogen-bond acceptors (Lipinski definition) is 5. The van der Waals surface area contributed by atoms with Crippen LogP contribution < -0.4 is 14.2 Å². The highest BCUT2D eigenvalue weighted by atomic mass is 32.2. The summed E-state index contributed by atoms with van der Waals surface area (Å²) in [5, 5.41) is 0. The van der Waals surface area contributed by atoms with Gasteiger partial charge in [-0.2, -0.15) is 0 Å². The molecule has 7 heteroatoms. The number of pyridine rings is 1. The number of ether oxygens (including phenoxy) is 2. The molecule has 2 heterocycles. The predicted molar refractivity (Wildman–Crippen MR) is 123 cm³/mol. The molecule has 2 aliphatic rings. The predicted octanol–water partition coefficient (Wildman–Crippen LogP) is 4.27. The second kappa shape index (κ2) is 8.24. The van der Waals surface area contributed by atoms with Crippen molar-refractivity contribution in [2.45, 2.75) is 25.9 Å². The van der Waals surface area contributed by atoms with E-state index >= 15 is 0 Å². The van der Waals surface area contributed by atoms with Gasteiger partial charge in [-0.1, -0.05) is 30.3 Å². The largest absolute Gasteiger partial charge is 0.486 e. The summed E-state index contributed by atoms with van der Waals surface area (Å²) >= 11 is 0. The molecule has 1 aliphatic heterocycles. The van der Waals surface area contributed by atoms with Gasteiger partial charge in [-0.15, -0.1) is 0 Å². The van der Waals surface area contributed by atoms with E-state index in [1.54, 1.807) is 7.11 Å². The van der Waals surface area contributed by atoms with Crippen LogP contribution in [0.25, 0.3) is 16.0 Å². The minimum Gasteiger partial charge on any atom is -0.486 e. The number of amides is 1. The second-order valence-electron chi connectivity index (χ2n) is 7.77. The van der Waals surface area contributed by atoms with Crippen LogP contribution in [0, 0.1) is 6.92 Å². The van der Waals surface area contributed by atoms with Crippen molar-refractivity contribution in [1.29, 1.82) is 0 Å². The number of nitrogens with one attached hydrogen (secondary N) is 1. The number of nitrogens with zero attached hydrogens (tertiary/aromatic N) is 1. The summed E-state index contributed by atoms with van der Waals surface area (Å²) in [6.07, 6.45) is 3.16. The fourth-order valence-electron chi connectivity index (χ4n) is 4.33. The third-order valence-corrected chi connectivity index (χ3v) is 6.99. The third-order valence-electron chi connectivity index (χ3n) is 5.85. The Hall–Kier alpha value is -3.45. The van der Waals surface area contributed by atoms with Gasteiger partial charge in [0.2, 0.25) is 5.88 Å². The number of hydrogen-bond donors (Lipinski definition) is 1. The Kier molecular flexibility index (Phi) is 5.27. The van der Waals surface area contributed by atoms with Crippen molar-refractivity contribution in [3.05, 3.63) is 83.1 Å². The van der Waals surface area contributed by atoms with Gasteiger partial charge in [0.1, 0.15) is 11.9 Å². The third kappa shape index (κ3) is 3.69. The van der Waals surface area contributed by atoms with Crippen LogP contribution in [0.1, 0.15) is 34.9 Å². The molecule has 1 aromatic heterocycles. The van der Waals surface area contributed by atoms with E-state index in [-0.39, 0.29) is 12.0 Å². The number of rotatable bonds is 5. The average molecular weight is 447 g/mol. The molecule has 1 N–H and O–H groups in total. The summed E-state index contributed by atoms with van der Waals surface area (Å²) in [6, 6.07) is 17.7. The van der Waals surface area contributed by atoms with Crippen LogP contribution in [-0.2, 0) is 22.2 Å². The number of carbonyl (C=O) groups excluding carboxylic acids is 1. The van der Waals surface area contributed by atoms with Crippen molar-refractivity contribution < 1.29 is 18.5 Å². The molecule has 0 fully saturated rings. The Bertz CT molecular complexity index is 1270. The van der Waals surface area contributed by atoms with Gasteiger partial charge in [-0.3, -0.25) is 9.52 Å². The first-order chi connectivity index (χ1) is 15.5. The molecule has 5 rings (SSSR count). The van der Waals surface area contributed by atoms with E-state index in [1.165, 1.54) is 22.8 Å². The molecule has 162 valence electrons. The second-order valence-corrected chi connectivity index (χ2v) is 8.95. The molecule has 0 saturated carbocycles. The van der Waals surface area contributed by atoms with Crippen molar-refractivity contribution >= 4 is 21.8 Å². The number of fused-ring (bicyclic) bond motifs is 1. The normalized spacial score (nSPS) is 19.3. The molecular formula is C25H22N2O4S. The smallest absolute Gasteiger partial charge is 0.257 e. The molecule has 2 aromatic carbocycles. The molecule has 1 unspecified atom stereocenters. The van der Waals surface area contributed by atoms with E-state index in [4.69, 9.17) is 9.47 Å². The SMILES string of the molecule is COc1ccc(-c2cccc3c2CC[C@H]3Oc2ccc(C3=CC(=O)NS3=O)cc2)c(C)n1. The number of carbonyl (C=O) groups is 1. The number of benzene rings is 2. The first-order valence-corrected chi connectivity index (χ1v) is 11.5. The summed E-state index contributed by atoms with van der Waals surface area (Å²) in [5.74, 6) is 1.02. The van der Waals surface area contributed by atoms with Gasteiger partial charge < -0.3 is 9.47 Å². The topological polar surface area (TPSA) is 77.5 Å². The van der Waals surface area contributed by atoms with Crippen LogP contribution in [0.5, 0.6) is 11.6 Å². The number of aromatic nitrogens is 1. The van der Waals surface area contributed by atoms with Gasteiger partial charge in [0.25, 0.3) is 5.91 Å². The Morgan fingerprint density at radius 2 is 1.88 bits per heavy atom. The summed E-state index contributed by atoms with van der Waals surface area (Å²) < 4.78 is 25.9. The minimum absolute atomic E-state index is 0.0367. The molecule has 0 saturated heterocycles. The lowest BCUT2D eigenvalue weighted by atomic mass is 9.96. The summed E-state index contributed by atoms with van der Waals surface area (Å²) in [5.41, 5.74) is 6.45. The highest BCUT2D eigenvalue weighted by Gasteiger charge is 2.27. The Morgan fingerprint density at radius 3 is 2.56 bits per heavy atom. The van der Waals surface area contributed by atoms with E-state index in [0.29, 0.717) is 10.8 Å². The van der Waals surface area contributed by atoms with Gasteiger partial charge in [-0.05, 0) is 60.2 Å². The van der Waals surface area contributed by atoms with E-state index in [9.17, 15) is 9.00 Å². The summed E-state index contributed by atoms with van der Waals surface area (Å²) in [6.45, 7) is 2.00. The fourth-order valence-corrected chi connectivity index (χ4v) is 5.24. The van der Waals surface area contributed by atoms with Gasteiger partial charge in [-0.25, -0.2) is 9.19 Å². The molecule has 6 nitrogen and oxygen atoms in total. The van der Waals surface area contributed by atoms with Crippen LogP contribution in [0.4, 0.5) is 0 Å². The van der Waals surface area contributed by atoms with Crippen molar-refractivity contribution in [1.82, 2.24) is 9.71 Å². The monoisotopic (exact) mass is 446 g/mol. The van der Waals surface area contributed by atoms with E-state index in [0.717, 1.165) is 35.4 Å². The molecule has 2 atom stereocenters. The summed E-state index contributed by atoms with van der Waals surface area (Å²) in [7, 11) is 0.122. The highest BCUT2D eigenvalue weighted by Crippen LogP contribution is 2.41. The molecule has 3 aromatic rings. The average Bonchev–Trinajstić information content (AvgIpc) is 3.36. The molecule has 0 radical (unpaired) electrons. The molecule has 1 amide bonds. The van der Waals surface area contributed by atoms with Gasteiger partial charge in [0.05, 0.1) is 12.0 Å². The number of aryl methyl sites for hydroxylation is 1. The number of methoxy groups -OCH3 is 1.